The van der Waals surface area contributed by atoms with Crippen LogP contribution in [0.1, 0.15) is 12.0 Å². The third-order valence-electron chi connectivity index (χ3n) is 2.70. The van der Waals surface area contributed by atoms with Gasteiger partial charge in [-0.1, -0.05) is 11.6 Å². The smallest absolute Gasteiger partial charge is 0.239 e. The number of nitrogens with one attached hydrogen (secondary N) is 1. The number of carbonyl (C=O) groups is 1. The normalized spacial score (nSPS) is 16.0. The highest BCUT2D eigenvalue weighted by Crippen LogP contribution is 2.23. The summed E-state index contributed by atoms with van der Waals surface area (Å²) >= 11 is 5.98. The Morgan fingerprint density at radius 2 is 2.29 bits per heavy atom. The van der Waals surface area contributed by atoms with Crippen molar-refractivity contribution < 1.29 is 4.79 Å². The van der Waals surface area contributed by atoms with Crippen LogP contribution in [0.5, 0.6) is 0 Å². The molecule has 5 heteroatoms. The van der Waals surface area contributed by atoms with Gasteiger partial charge in [0.25, 0.3) is 0 Å². The van der Waals surface area contributed by atoms with E-state index in [0.717, 1.165) is 18.7 Å². The molecule has 17 heavy (non-hydrogen) atoms. The molecule has 0 radical (unpaired) electrons. The van der Waals surface area contributed by atoms with Crippen molar-refractivity contribution in [2.75, 3.05) is 24.5 Å². The fourth-order valence-corrected chi connectivity index (χ4v) is 2.03. The highest BCUT2D eigenvalue weighted by Gasteiger charge is 2.15. The van der Waals surface area contributed by atoms with Crippen LogP contribution in [-0.4, -0.2) is 25.5 Å². The maximum atomic E-state index is 11.4. The van der Waals surface area contributed by atoms with Crippen LogP contribution in [0.4, 0.5) is 5.69 Å². The molecule has 1 heterocycles. The van der Waals surface area contributed by atoms with Crippen molar-refractivity contribution in [2.24, 2.45) is 0 Å². The summed E-state index contributed by atoms with van der Waals surface area (Å²) in [4.78, 5) is 13.4. The lowest BCUT2D eigenvalue weighted by Gasteiger charge is -2.21. The minimum atomic E-state index is 0.0167. The zero-order chi connectivity index (χ0) is 12.3. The summed E-state index contributed by atoms with van der Waals surface area (Å²) in [5.41, 5.74) is 1.33. The van der Waals surface area contributed by atoms with Crippen LogP contribution in [0.2, 0.25) is 5.02 Å². The van der Waals surface area contributed by atoms with Gasteiger partial charge in [0.15, 0.2) is 0 Å². The predicted molar refractivity (Wildman–Crippen MR) is 66.0 cm³/mol. The van der Waals surface area contributed by atoms with Crippen LogP contribution in [0.25, 0.3) is 0 Å². The predicted octanol–water partition coefficient (Wildman–Crippen LogP) is 1.54. The molecule has 0 bridgehead atoms. The molecular weight excluding hydrogens is 238 g/mol. The van der Waals surface area contributed by atoms with Crippen molar-refractivity contribution in [1.82, 2.24) is 5.32 Å². The number of anilines is 1. The monoisotopic (exact) mass is 249 g/mol. The van der Waals surface area contributed by atoms with Gasteiger partial charge in [0.05, 0.1) is 17.1 Å². The molecular formula is C12H12ClN3O. The molecule has 1 saturated heterocycles. The second-order valence-corrected chi connectivity index (χ2v) is 4.31. The minimum Gasteiger partial charge on any atom is -0.362 e. The molecule has 88 valence electrons. The highest BCUT2D eigenvalue weighted by atomic mass is 35.5. The Balaban J connectivity index is 2.24. The molecule has 0 spiro atoms. The fraction of sp³-hybridized carbons (Fsp3) is 0.333. The molecule has 1 aliphatic rings. The Morgan fingerprint density at radius 1 is 1.47 bits per heavy atom. The average Bonchev–Trinajstić information content (AvgIpc) is 2.54. The highest BCUT2D eigenvalue weighted by molar-refractivity contribution is 6.32. The van der Waals surface area contributed by atoms with Crippen LogP contribution in [-0.2, 0) is 4.79 Å². The van der Waals surface area contributed by atoms with Gasteiger partial charge in [-0.15, -0.1) is 0 Å². The SMILES string of the molecule is N#Cc1ccc(N2CCCNC(=O)C2)cc1Cl. The van der Waals surface area contributed by atoms with Gasteiger partial charge in [0.1, 0.15) is 6.07 Å². The summed E-state index contributed by atoms with van der Waals surface area (Å²) in [5.74, 6) is 0.0167. The molecule has 1 fully saturated rings. The number of hydrogen-bond donors (Lipinski definition) is 1. The standard InChI is InChI=1S/C12H12ClN3O/c13-11-6-10(3-2-9(11)7-14)16-5-1-4-15-12(17)8-16/h2-3,6H,1,4-5,8H2,(H,15,17). The van der Waals surface area contributed by atoms with Crippen molar-refractivity contribution in [3.05, 3.63) is 28.8 Å². The molecule has 1 aliphatic heterocycles. The first-order valence-electron chi connectivity index (χ1n) is 5.42. The topological polar surface area (TPSA) is 56.1 Å². The van der Waals surface area contributed by atoms with Gasteiger partial charge < -0.3 is 10.2 Å². The van der Waals surface area contributed by atoms with Crippen molar-refractivity contribution in [1.29, 1.82) is 5.26 Å². The van der Waals surface area contributed by atoms with E-state index in [4.69, 9.17) is 16.9 Å². The maximum Gasteiger partial charge on any atom is 0.239 e. The molecule has 0 aromatic heterocycles. The van der Waals surface area contributed by atoms with E-state index in [2.05, 4.69) is 5.32 Å². The van der Waals surface area contributed by atoms with Crippen molar-refractivity contribution in [3.8, 4) is 6.07 Å². The quantitative estimate of drug-likeness (QED) is 0.821. The Hall–Kier alpha value is -1.73. The van der Waals surface area contributed by atoms with Gasteiger partial charge in [-0.25, -0.2) is 0 Å². The van der Waals surface area contributed by atoms with Gasteiger partial charge in [0.2, 0.25) is 5.91 Å². The summed E-state index contributed by atoms with van der Waals surface area (Å²) in [6, 6.07) is 7.26. The Kier molecular flexibility index (Phi) is 3.50. The van der Waals surface area contributed by atoms with Crippen molar-refractivity contribution in [2.45, 2.75) is 6.42 Å². The fourth-order valence-electron chi connectivity index (χ4n) is 1.82. The number of amides is 1. The molecule has 4 nitrogen and oxygen atoms in total. The maximum absolute atomic E-state index is 11.4. The summed E-state index contributed by atoms with van der Waals surface area (Å²) in [5, 5.41) is 12.0. The van der Waals surface area contributed by atoms with Crippen LogP contribution < -0.4 is 10.2 Å². The Morgan fingerprint density at radius 3 is 3.00 bits per heavy atom. The summed E-state index contributed by atoms with van der Waals surface area (Å²) in [7, 11) is 0. The second kappa shape index (κ2) is 5.07. The summed E-state index contributed by atoms with van der Waals surface area (Å²) < 4.78 is 0. The number of halogens is 1. The second-order valence-electron chi connectivity index (χ2n) is 3.90. The van der Waals surface area contributed by atoms with Gasteiger partial charge in [-0.3, -0.25) is 4.79 Å². The molecule has 2 rings (SSSR count). The molecule has 1 amide bonds. The number of carbonyl (C=O) groups excluding carboxylic acids is 1. The average molecular weight is 250 g/mol. The molecule has 0 aliphatic carbocycles. The summed E-state index contributed by atoms with van der Waals surface area (Å²) in [6.07, 6.45) is 0.906. The first kappa shape index (κ1) is 11.7. The molecule has 0 unspecified atom stereocenters. The van der Waals surface area contributed by atoms with E-state index in [-0.39, 0.29) is 5.91 Å². The molecule has 1 aromatic rings. The third kappa shape index (κ3) is 2.69. The molecule has 1 N–H and O–H groups in total. The van der Waals surface area contributed by atoms with Crippen LogP contribution >= 0.6 is 11.6 Å². The Labute approximate surface area is 105 Å². The van der Waals surface area contributed by atoms with Crippen molar-refractivity contribution >= 4 is 23.2 Å². The van der Waals surface area contributed by atoms with Crippen molar-refractivity contribution in [3.63, 3.8) is 0 Å². The van der Waals surface area contributed by atoms with E-state index in [0.29, 0.717) is 23.7 Å². The first-order chi connectivity index (χ1) is 8.20. The molecule has 0 atom stereocenters. The van der Waals surface area contributed by atoms with E-state index in [1.165, 1.54) is 0 Å². The van der Waals surface area contributed by atoms with E-state index in [9.17, 15) is 4.79 Å². The zero-order valence-corrected chi connectivity index (χ0v) is 10.00. The van der Waals surface area contributed by atoms with Gasteiger partial charge in [-0.2, -0.15) is 5.26 Å². The van der Waals surface area contributed by atoms with Crippen LogP contribution in [0.15, 0.2) is 18.2 Å². The largest absolute Gasteiger partial charge is 0.362 e. The lowest BCUT2D eigenvalue weighted by molar-refractivity contribution is -0.119. The first-order valence-corrected chi connectivity index (χ1v) is 5.80. The van der Waals surface area contributed by atoms with E-state index < -0.39 is 0 Å². The van der Waals surface area contributed by atoms with Crippen LogP contribution in [0.3, 0.4) is 0 Å². The Bertz CT molecular complexity index is 481. The minimum absolute atomic E-state index is 0.0167. The van der Waals surface area contributed by atoms with E-state index >= 15 is 0 Å². The molecule has 0 saturated carbocycles. The molecule has 1 aromatic carbocycles. The summed E-state index contributed by atoms with van der Waals surface area (Å²) in [6.45, 7) is 1.85. The number of nitriles is 1. The third-order valence-corrected chi connectivity index (χ3v) is 3.01. The number of benzene rings is 1. The number of nitrogens with zero attached hydrogens (tertiary/aromatic N) is 2. The zero-order valence-electron chi connectivity index (χ0n) is 9.24. The van der Waals surface area contributed by atoms with E-state index in [1.807, 2.05) is 17.0 Å². The lowest BCUT2D eigenvalue weighted by atomic mass is 10.2. The van der Waals surface area contributed by atoms with Gasteiger partial charge in [0, 0.05) is 18.8 Å². The lowest BCUT2D eigenvalue weighted by Crippen LogP contribution is -2.32. The van der Waals surface area contributed by atoms with Crippen LogP contribution in [0, 0.1) is 11.3 Å². The van der Waals surface area contributed by atoms with Gasteiger partial charge >= 0.3 is 0 Å². The van der Waals surface area contributed by atoms with Gasteiger partial charge in [-0.05, 0) is 24.6 Å². The number of rotatable bonds is 1. The number of hydrogen-bond acceptors (Lipinski definition) is 3. The van der Waals surface area contributed by atoms with E-state index in [1.54, 1.807) is 12.1 Å².